The maximum atomic E-state index is 11.0. The normalized spacial score (nSPS) is 11.1. The molecule has 1 aromatic heterocycles. The molecule has 0 fully saturated rings. The molecule has 5 heteroatoms. The highest BCUT2D eigenvalue weighted by Crippen LogP contribution is 2.19. The third-order valence-electron chi connectivity index (χ3n) is 2.84. The number of aromatic nitrogens is 2. The summed E-state index contributed by atoms with van der Waals surface area (Å²) < 4.78 is 2.05. The molecule has 1 heterocycles. The molecule has 2 rings (SSSR count). The van der Waals surface area contributed by atoms with Gasteiger partial charge in [-0.1, -0.05) is 6.08 Å². The van der Waals surface area contributed by atoms with Crippen molar-refractivity contribution in [2.75, 3.05) is 14.1 Å². The number of carboxylic acid groups (broad SMARTS) is 1. The van der Waals surface area contributed by atoms with Crippen LogP contribution in [0.5, 0.6) is 0 Å². The van der Waals surface area contributed by atoms with Crippen molar-refractivity contribution in [1.29, 1.82) is 0 Å². The Labute approximate surface area is 111 Å². The Morgan fingerprint density at radius 2 is 2.26 bits per heavy atom. The van der Waals surface area contributed by atoms with Crippen LogP contribution >= 0.6 is 0 Å². The summed E-state index contributed by atoms with van der Waals surface area (Å²) >= 11 is 0. The fraction of sp³-hybridized carbons (Fsp3) is 0.286. The van der Waals surface area contributed by atoms with Crippen LogP contribution in [0.25, 0.3) is 11.0 Å². The van der Waals surface area contributed by atoms with Crippen LogP contribution in [0.1, 0.15) is 16.2 Å². The quantitative estimate of drug-likeness (QED) is 0.834. The van der Waals surface area contributed by atoms with Gasteiger partial charge in [0.25, 0.3) is 0 Å². The van der Waals surface area contributed by atoms with E-state index in [2.05, 4.69) is 11.6 Å². The van der Waals surface area contributed by atoms with Crippen molar-refractivity contribution < 1.29 is 9.90 Å². The Morgan fingerprint density at radius 3 is 2.84 bits per heavy atom. The molecule has 1 aromatic carbocycles. The first-order valence-corrected chi connectivity index (χ1v) is 6.01. The Morgan fingerprint density at radius 1 is 1.53 bits per heavy atom. The van der Waals surface area contributed by atoms with E-state index in [1.807, 2.05) is 29.6 Å². The summed E-state index contributed by atoms with van der Waals surface area (Å²) in [5.41, 5.74) is 1.90. The smallest absolute Gasteiger partial charge is 0.335 e. The zero-order valence-electron chi connectivity index (χ0n) is 11.1. The number of imidazole rings is 1. The van der Waals surface area contributed by atoms with Gasteiger partial charge in [0.05, 0.1) is 23.1 Å². The van der Waals surface area contributed by atoms with E-state index in [-0.39, 0.29) is 5.56 Å². The van der Waals surface area contributed by atoms with Gasteiger partial charge >= 0.3 is 5.97 Å². The molecule has 0 radical (unpaired) electrons. The second kappa shape index (κ2) is 5.24. The average Bonchev–Trinajstić information content (AvgIpc) is 2.66. The Kier molecular flexibility index (Phi) is 3.66. The first kappa shape index (κ1) is 13.3. The van der Waals surface area contributed by atoms with E-state index in [9.17, 15) is 4.79 Å². The van der Waals surface area contributed by atoms with Crippen LogP contribution in [0, 0.1) is 0 Å². The molecule has 0 aliphatic carbocycles. The maximum Gasteiger partial charge on any atom is 0.335 e. The maximum absolute atomic E-state index is 11.0. The van der Waals surface area contributed by atoms with E-state index in [4.69, 9.17) is 5.11 Å². The van der Waals surface area contributed by atoms with Crippen LogP contribution in [0.4, 0.5) is 0 Å². The van der Waals surface area contributed by atoms with E-state index >= 15 is 0 Å². The molecule has 0 saturated carbocycles. The Balaban J connectivity index is 2.58. The Hall–Kier alpha value is -2.14. The molecular formula is C14H17N3O2. The molecule has 2 aromatic rings. The van der Waals surface area contributed by atoms with Crippen molar-refractivity contribution in [3.63, 3.8) is 0 Å². The lowest BCUT2D eigenvalue weighted by Crippen LogP contribution is -2.15. The summed E-state index contributed by atoms with van der Waals surface area (Å²) in [4.78, 5) is 17.5. The van der Waals surface area contributed by atoms with Gasteiger partial charge in [-0.25, -0.2) is 9.78 Å². The van der Waals surface area contributed by atoms with E-state index in [1.165, 1.54) is 0 Å². The molecular weight excluding hydrogens is 242 g/mol. The highest BCUT2D eigenvalue weighted by atomic mass is 16.4. The molecule has 0 aliphatic heterocycles. The van der Waals surface area contributed by atoms with Gasteiger partial charge in [0, 0.05) is 6.54 Å². The summed E-state index contributed by atoms with van der Waals surface area (Å²) in [6.07, 6.45) is 1.81. The summed E-state index contributed by atoms with van der Waals surface area (Å²) in [5.74, 6) is -0.0308. The minimum absolute atomic E-state index is 0.257. The van der Waals surface area contributed by atoms with Crippen LogP contribution in [0.3, 0.4) is 0 Å². The fourth-order valence-electron chi connectivity index (χ4n) is 2.05. The van der Waals surface area contributed by atoms with Crippen molar-refractivity contribution in [2.45, 2.75) is 13.1 Å². The summed E-state index contributed by atoms with van der Waals surface area (Å²) in [7, 11) is 3.94. The molecule has 0 saturated heterocycles. The average molecular weight is 259 g/mol. The van der Waals surface area contributed by atoms with E-state index in [0.29, 0.717) is 18.6 Å². The lowest BCUT2D eigenvalue weighted by molar-refractivity contribution is 0.0697. The number of hydrogen-bond acceptors (Lipinski definition) is 3. The first-order valence-electron chi connectivity index (χ1n) is 6.01. The highest BCUT2D eigenvalue weighted by Gasteiger charge is 2.12. The predicted molar refractivity (Wildman–Crippen MR) is 74.3 cm³/mol. The number of carbonyl (C=O) groups is 1. The minimum atomic E-state index is -0.936. The van der Waals surface area contributed by atoms with Crippen molar-refractivity contribution in [3.8, 4) is 0 Å². The summed E-state index contributed by atoms with van der Waals surface area (Å²) in [5, 5.41) is 9.01. The molecule has 0 aliphatic rings. The lowest BCUT2D eigenvalue weighted by atomic mass is 10.2. The number of aromatic carboxylic acids is 1. The van der Waals surface area contributed by atoms with Gasteiger partial charge in [0.2, 0.25) is 0 Å². The first-order chi connectivity index (χ1) is 9.02. The third-order valence-corrected chi connectivity index (χ3v) is 2.84. The van der Waals surface area contributed by atoms with Crippen molar-refractivity contribution in [3.05, 3.63) is 42.2 Å². The fourth-order valence-corrected chi connectivity index (χ4v) is 2.05. The number of benzene rings is 1. The highest BCUT2D eigenvalue weighted by molar-refractivity contribution is 5.92. The zero-order chi connectivity index (χ0) is 14.0. The third kappa shape index (κ3) is 2.66. The van der Waals surface area contributed by atoms with Gasteiger partial charge in [-0.05, 0) is 32.3 Å². The molecule has 0 bridgehead atoms. The van der Waals surface area contributed by atoms with Gasteiger partial charge in [0.1, 0.15) is 5.82 Å². The monoisotopic (exact) mass is 259 g/mol. The van der Waals surface area contributed by atoms with E-state index in [1.54, 1.807) is 18.2 Å². The minimum Gasteiger partial charge on any atom is -0.478 e. The van der Waals surface area contributed by atoms with E-state index < -0.39 is 5.97 Å². The van der Waals surface area contributed by atoms with Gasteiger partial charge in [-0.3, -0.25) is 0 Å². The van der Waals surface area contributed by atoms with Gasteiger partial charge in [-0.15, -0.1) is 6.58 Å². The number of fused-ring (bicyclic) bond motifs is 1. The topological polar surface area (TPSA) is 58.4 Å². The van der Waals surface area contributed by atoms with Gasteiger partial charge in [0.15, 0.2) is 0 Å². The predicted octanol–water partition coefficient (Wildman–Crippen LogP) is 1.98. The largest absolute Gasteiger partial charge is 0.478 e. The molecule has 0 spiro atoms. The molecule has 0 atom stereocenters. The number of nitrogens with zero attached hydrogens (tertiary/aromatic N) is 3. The molecule has 0 amide bonds. The molecule has 5 nitrogen and oxygen atoms in total. The van der Waals surface area contributed by atoms with Gasteiger partial charge < -0.3 is 14.6 Å². The summed E-state index contributed by atoms with van der Waals surface area (Å²) in [6.45, 7) is 5.11. The van der Waals surface area contributed by atoms with Crippen molar-refractivity contribution in [1.82, 2.24) is 14.5 Å². The Bertz CT molecular complexity index is 629. The number of hydrogen-bond donors (Lipinski definition) is 1. The number of rotatable bonds is 5. The van der Waals surface area contributed by atoms with Crippen molar-refractivity contribution >= 4 is 17.0 Å². The lowest BCUT2D eigenvalue weighted by Gasteiger charge is -2.11. The van der Waals surface area contributed by atoms with Gasteiger partial charge in [-0.2, -0.15) is 0 Å². The standard InChI is InChI=1S/C14H17N3O2/c1-4-7-17-12-6-5-10(14(18)19)8-11(12)15-13(17)9-16(2)3/h4-6,8H,1,7,9H2,2-3H3,(H,18,19). The molecule has 0 unspecified atom stereocenters. The van der Waals surface area contributed by atoms with Crippen LogP contribution < -0.4 is 0 Å². The van der Waals surface area contributed by atoms with Crippen molar-refractivity contribution in [2.24, 2.45) is 0 Å². The number of allylic oxidation sites excluding steroid dienone is 1. The molecule has 100 valence electrons. The molecule has 19 heavy (non-hydrogen) atoms. The summed E-state index contributed by atoms with van der Waals surface area (Å²) in [6, 6.07) is 5.01. The SMILES string of the molecule is C=CCn1c(CN(C)C)nc2cc(C(=O)O)ccc21. The van der Waals surface area contributed by atoms with Crippen LogP contribution in [0.15, 0.2) is 30.9 Å². The zero-order valence-corrected chi connectivity index (χ0v) is 11.1. The van der Waals surface area contributed by atoms with Crippen LogP contribution in [-0.2, 0) is 13.1 Å². The van der Waals surface area contributed by atoms with E-state index in [0.717, 1.165) is 11.3 Å². The number of carboxylic acids is 1. The second-order valence-corrected chi connectivity index (χ2v) is 4.67. The van der Waals surface area contributed by atoms with Crippen LogP contribution in [-0.4, -0.2) is 39.6 Å². The molecule has 1 N–H and O–H groups in total. The second-order valence-electron chi connectivity index (χ2n) is 4.67. The van der Waals surface area contributed by atoms with Crippen LogP contribution in [0.2, 0.25) is 0 Å².